The molecule has 2 amide bonds. The highest BCUT2D eigenvalue weighted by Gasteiger charge is 2.32. The van der Waals surface area contributed by atoms with Gasteiger partial charge in [0.15, 0.2) is 6.29 Å². The largest absolute Gasteiger partial charge is 0.397 e. The van der Waals surface area contributed by atoms with Gasteiger partial charge in [-0.3, -0.25) is 9.59 Å². The average Bonchev–Trinajstić information content (AvgIpc) is 3.64. The van der Waals surface area contributed by atoms with Crippen molar-refractivity contribution in [2.45, 2.75) is 83.1 Å². The number of imidazole rings is 1. The monoisotopic (exact) mass is 751 g/mol. The van der Waals surface area contributed by atoms with Gasteiger partial charge in [-0.25, -0.2) is 4.98 Å². The first kappa shape index (κ1) is 38.5. The van der Waals surface area contributed by atoms with Gasteiger partial charge in [0, 0.05) is 31.4 Å². The maximum absolute atomic E-state index is 12.8. The highest BCUT2D eigenvalue weighted by atomic mass is 16.7. The Morgan fingerprint density at radius 2 is 1.46 bits per heavy atom. The molecule has 1 fully saturated rings. The van der Waals surface area contributed by atoms with Crippen molar-refractivity contribution in [2.24, 2.45) is 0 Å². The van der Waals surface area contributed by atoms with Crippen LogP contribution in [0, 0.1) is 0 Å². The van der Waals surface area contributed by atoms with E-state index in [4.69, 9.17) is 15.2 Å². The van der Waals surface area contributed by atoms with Crippen LogP contribution in [0.2, 0.25) is 0 Å². The molecule has 0 aliphatic carbocycles. The molecule has 0 bridgehead atoms. The minimum absolute atomic E-state index is 0.00727. The van der Waals surface area contributed by atoms with Crippen LogP contribution in [0.5, 0.6) is 0 Å². The zero-order valence-electron chi connectivity index (χ0n) is 31.5. The summed E-state index contributed by atoms with van der Waals surface area (Å²) in [4.78, 5) is 29.6. The van der Waals surface area contributed by atoms with Crippen LogP contribution in [0.15, 0.2) is 128 Å². The van der Waals surface area contributed by atoms with Gasteiger partial charge in [0.2, 0.25) is 11.8 Å². The van der Waals surface area contributed by atoms with Crippen molar-refractivity contribution in [3.63, 3.8) is 0 Å². The second-order valence-corrected chi connectivity index (χ2v) is 14.3. The van der Waals surface area contributed by atoms with E-state index < -0.39 is 6.29 Å². The number of unbranched alkanes of at least 4 members (excludes halogenated alkanes) is 3. The smallest absolute Gasteiger partial charge is 0.224 e. The summed E-state index contributed by atoms with van der Waals surface area (Å²) in [6.07, 6.45) is 5.76. The van der Waals surface area contributed by atoms with Crippen LogP contribution in [0.25, 0.3) is 22.2 Å². The summed E-state index contributed by atoms with van der Waals surface area (Å²) < 4.78 is 15.4. The molecule has 0 saturated carbocycles. The van der Waals surface area contributed by atoms with E-state index in [1.165, 1.54) is 0 Å². The summed E-state index contributed by atoms with van der Waals surface area (Å²) in [6.45, 7) is 1.05. The third kappa shape index (κ3) is 9.89. The maximum atomic E-state index is 12.8. The summed E-state index contributed by atoms with van der Waals surface area (Å²) in [6, 6.07) is 39.6. The maximum Gasteiger partial charge on any atom is 0.224 e. The number of benzene rings is 5. The predicted molar refractivity (Wildman–Crippen MR) is 219 cm³/mol. The second-order valence-electron chi connectivity index (χ2n) is 14.3. The number of nitrogens with one attached hydrogen (secondary N) is 2. The molecule has 2 heterocycles. The minimum atomic E-state index is -0.583. The molecule has 7 rings (SSSR count). The number of amides is 2. The number of nitrogens with two attached hydrogens (primary N) is 1. The van der Waals surface area contributed by atoms with Crippen molar-refractivity contribution in [1.29, 1.82) is 0 Å². The summed E-state index contributed by atoms with van der Waals surface area (Å²) in [7, 11) is 0. The van der Waals surface area contributed by atoms with Crippen LogP contribution in [0.1, 0.15) is 79.6 Å². The Bertz CT molecular complexity index is 2220. The molecule has 3 atom stereocenters. The van der Waals surface area contributed by atoms with Crippen molar-refractivity contribution in [3.05, 3.63) is 150 Å². The predicted octanol–water partition coefficient (Wildman–Crippen LogP) is 8.62. The summed E-state index contributed by atoms with van der Waals surface area (Å²) in [5.41, 5.74) is 15.0. The highest BCUT2D eigenvalue weighted by Crippen LogP contribution is 2.39. The van der Waals surface area contributed by atoms with E-state index in [9.17, 15) is 14.7 Å². The lowest BCUT2D eigenvalue weighted by molar-refractivity contribution is -0.252. The van der Waals surface area contributed by atoms with Crippen LogP contribution < -0.4 is 16.4 Å². The number of nitrogen functional groups attached to an aromatic ring is 1. The lowest BCUT2D eigenvalue weighted by atomic mass is 9.97. The summed E-state index contributed by atoms with van der Waals surface area (Å²) in [5.74, 6) is -0.0400. The summed E-state index contributed by atoms with van der Waals surface area (Å²) >= 11 is 0. The Hall–Kier alpha value is -5.81. The Kier molecular flexibility index (Phi) is 12.8. The molecular weight excluding hydrogens is 703 g/mol. The number of rotatable bonds is 16. The Morgan fingerprint density at radius 3 is 2.25 bits per heavy atom. The highest BCUT2D eigenvalue weighted by molar-refractivity contribution is 5.93. The number of hydrogen-bond acceptors (Lipinski definition) is 7. The normalized spacial score (nSPS) is 16.8. The van der Waals surface area contributed by atoms with Crippen molar-refractivity contribution in [1.82, 2.24) is 14.9 Å². The number of anilines is 2. The first-order chi connectivity index (χ1) is 27.4. The number of aliphatic hydroxyl groups excluding tert-OH is 1. The van der Waals surface area contributed by atoms with E-state index in [1.807, 2.05) is 79.1 Å². The third-order valence-electron chi connectivity index (χ3n) is 10.3. The minimum Gasteiger partial charge on any atom is -0.397 e. The number of carbonyl (C=O) groups is 2. The van der Waals surface area contributed by atoms with Crippen LogP contribution in [0.3, 0.4) is 0 Å². The van der Waals surface area contributed by atoms with E-state index in [2.05, 4.69) is 56.6 Å². The Labute approximate surface area is 327 Å². The number of fused-ring (bicyclic) bond motifs is 1. The van der Waals surface area contributed by atoms with E-state index in [0.717, 1.165) is 70.1 Å². The average molecular weight is 752 g/mol. The molecule has 0 unspecified atom stereocenters. The lowest BCUT2D eigenvalue weighted by Gasteiger charge is -2.36. The fourth-order valence-electron chi connectivity index (χ4n) is 7.21. The molecule has 10 heteroatoms. The fourth-order valence-corrected chi connectivity index (χ4v) is 7.21. The number of para-hydroxylation sites is 4. The molecule has 10 nitrogen and oxygen atoms in total. The first-order valence-electron chi connectivity index (χ1n) is 19.4. The van der Waals surface area contributed by atoms with E-state index in [1.54, 1.807) is 12.1 Å². The number of carbonyl (C=O) groups excluding carboxylic acids is 2. The topological polar surface area (TPSA) is 141 Å². The standard InChI is InChI=1S/C46H49N5O5/c47-39-13-7-8-14-40(39)50-45(54)18-4-2-1-3-17-44(53)48-28-36-11-5-6-12-38(36)33-23-25-35(26-24-33)46-55-37(29-51-31-49-41-15-9-10-16-42(41)51)27-43(56-46)34-21-19-32(30-52)20-22-34/h5-16,19-26,31,37,43,46,52H,1-4,17-18,27-30,47H2,(H,48,53)(H,50,54)/t37-,43+,46+/m0/s1. The quantitative estimate of drug-likeness (QED) is 0.0574. The number of aliphatic hydroxyl groups is 1. The van der Waals surface area contributed by atoms with E-state index in [-0.39, 0.29) is 30.6 Å². The molecule has 5 aromatic carbocycles. The second kappa shape index (κ2) is 18.7. The Balaban J connectivity index is 0.934. The molecule has 0 radical (unpaired) electrons. The Morgan fingerprint density at radius 1 is 0.768 bits per heavy atom. The molecule has 1 aromatic heterocycles. The van der Waals surface area contributed by atoms with Gasteiger partial charge in [0.25, 0.3) is 0 Å². The van der Waals surface area contributed by atoms with Crippen molar-refractivity contribution >= 4 is 34.2 Å². The molecule has 56 heavy (non-hydrogen) atoms. The van der Waals surface area contributed by atoms with Gasteiger partial charge in [-0.2, -0.15) is 0 Å². The number of ether oxygens (including phenoxy) is 2. The molecule has 6 aromatic rings. The molecule has 5 N–H and O–H groups in total. The molecule has 1 aliphatic rings. The van der Waals surface area contributed by atoms with Gasteiger partial charge in [-0.05, 0) is 64.9 Å². The third-order valence-corrected chi connectivity index (χ3v) is 10.3. The van der Waals surface area contributed by atoms with Gasteiger partial charge in [-0.15, -0.1) is 0 Å². The number of hydrogen-bond donors (Lipinski definition) is 4. The van der Waals surface area contributed by atoms with Crippen molar-refractivity contribution < 1.29 is 24.2 Å². The van der Waals surface area contributed by atoms with Crippen LogP contribution >= 0.6 is 0 Å². The van der Waals surface area contributed by atoms with E-state index >= 15 is 0 Å². The van der Waals surface area contributed by atoms with Gasteiger partial charge >= 0.3 is 0 Å². The SMILES string of the molecule is Nc1ccccc1NC(=O)CCCCCCC(=O)NCc1ccccc1-c1ccc([C@@H]2O[C@H](Cn3cnc4ccccc43)C[C@H](c3ccc(CO)cc3)O2)cc1. The lowest BCUT2D eigenvalue weighted by Crippen LogP contribution is -2.32. The van der Waals surface area contributed by atoms with Gasteiger partial charge in [0.05, 0.1) is 54.1 Å². The van der Waals surface area contributed by atoms with Gasteiger partial charge < -0.3 is 35.5 Å². The molecule has 1 aliphatic heterocycles. The van der Waals surface area contributed by atoms with Crippen LogP contribution in [-0.4, -0.2) is 32.6 Å². The van der Waals surface area contributed by atoms with Crippen molar-refractivity contribution in [2.75, 3.05) is 11.1 Å². The molecule has 288 valence electrons. The van der Waals surface area contributed by atoms with E-state index in [0.29, 0.717) is 43.7 Å². The zero-order chi connectivity index (χ0) is 38.7. The van der Waals surface area contributed by atoms with Crippen LogP contribution in [0.4, 0.5) is 11.4 Å². The summed E-state index contributed by atoms with van der Waals surface area (Å²) in [5, 5.41) is 15.6. The van der Waals surface area contributed by atoms with Crippen LogP contribution in [-0.2, 0) is 38.8 Å². The van der Waals surface area contributed by atoms with Gasteiger partial charge in [-0.1, -0.05) is 110 Å². The number of nitrogens with zero attached hydrogens (tertiary/aromatic N) is 2. The number of aromatic nitrogens is 2. The first-order valence-corrected chi connectivity index (χ1v) is 19.4. The van der Waals surface area contributed by atoms with Gasteiger partial charge in [0.1, 0.15) is 0 Å². The van der Waals surface area contributed by atoms with Crippen molar-refractivity contribution in [3.8, 4) is 11.1 Å². The molecule has 0 spiro atoms. The fraction of sp³-hybridized carbons (Fsp3) is 0.283. The zero-order valence-corrected chi connectivity index (χ0v) is 31.5. The molecular formula is C46H49N5O5. The molecule has 1 saturated heterocycles.